The number of amides is 3. The van der Waals surface area contributed by atoms with Crippen molar-refractivity contribution in [2.24, 2.45) is 5.41 Å². The summed E-state index contributed by atoms with van der Waals surface area (Å²) in [5, 5.41) is 0. The lowest BCUT2D eigenvalue weighted by Crippen LogP contribution is -2.54. The second-order valence-corrected chi connectivity index (χ2v) is 9.95. The van der Waals surface area contributed by atoms with E-state index in [9.17, 15) is 14.4 Å². The topological polar surface area (TPSA) is 85.9 Å². The number of piperazine rings is 2. The average molecular weight is 456 g/mol. The van der Waals surface area contributed by atoms with Crippen LogP contribution in [0.15, 0.2) is 0 Å². The van der Waals surface area contributed by atoms with Gasteiger partial charge in [-0.3, -0.25) is 14.5 Å². The molecule has 2 aliphatic heterocycles. The van der Waals surface area contributed by atoms with Crippen LogP contribution in [0, 0.1) is 5.41 Å². The Labute approximate surface area is 192 Å². The highest BCUT2D eigenvalue weighted by Gasteiger charge is 2.28. The zero-order valence-corrected chi connectivity index (χ0v) is 20.5. The van der Waals surface area contributed by atoms with E-state index >= 15 is 0 Å². The lowest BCUT2D eigenvalue weighted by molar-refractivity contribution is -0.136. The molecule has 0 N–H and O–H groups in total. The van der Waals surface area contributed by atoms with E-state index in [4.69, 9.17) is 9.47 Å². The predicted molar refractivity (Wildman–Crippen MR) is 121 cm³/mol. The molecule has 2 aliphatic rings. The van der Waals surface area contributed by atoms with Crippen LogP contribution in [0.3, 0.4) is 0 Å². The molecule has 10 nitrogen and oxygen atoms in total. The molecule has 0 saturated carbocycles. The summed E-state index contributed by atoms with van der Waals surface area (Å²) in [6, 6.07) is 0. The Hall–Kier alpha value is -1.91. The molecular formula is C22H41N5O5. The number of carbonyl (C=O) groups excluding carboxylic acids is 3. The molecule has 0 aromatic carbocycles. The first kappa shape index (κ1) is 26.3. The minimum atomic E-state index is -0.658. The lowest BCUT2D eigenvalue weighted by atomic mass is 9.99. The first-order valence-corrected chi connectivity index (χ1v) is 11.5. The summed E-state index contributed by atoms with van der Waals surface area (Å²) in [6.45, 7) is 12.4. The molecular weight excluding hydrogens is 414 g/mol. The Morgan fingerprint density at radius 3 is 1.59 bits per heavy atom. The Balaban J connectivity index is 1.91. The fraction of sp³-hybridized carbons (Fsp3) is 0.864. The minimum absolute atomic E-state index is 0.0277. The molecule has 184 valence electrons. The van der Waals surface area contributed by atoms with Gasteiger partial charge in [0.25, 0.3) is 0 Å². The Morgan fingerprint density at radius 1 is 0.750 bits per heavy atom. The smallest absolute Gasteiger partial charge is 0.410 e. The maximum absolute atomic E-state index is 12.8. The Kier molecular flexibility index (Phi) is 10.2. The van der Waals surface area contributed by atoms with E-state index in [1.165, 1.54) is 4.90 Å². The summed E-state index contributed by atoms with van der Waals surface area (Å²) >= 11 is 0. The van der Waals surface area contributed by atoms with Crippen LogP contribution < -0.4 is 0 Å². The van der Waals surface area contributed by atoms with Crippen molar-refractivity contribution >= 4 is 17.9 Å². The van der Waals surface area contributed by atoms with Crippen LogP contribution in [0.5, 0.6) is 0 Å². The number of ether oxygens (including phenoxy) is 2. The zero-order chi connectivity index (χ0) is 23.7. The molecule has 2 fully saturated rings. The number of rotatable bonds is 8. The molecule has 32 heavy (non-hydrogen) atoms. The van der Waals surface area contributed by atoms with E-state index < -0.39 is 6.09 Å². The molecule has 0 bridgehead atoms. The SMILES string of the molecule is CN1CCN(C(=O)CN(CC(=O)N2CCN(C)CC2)C(=O)OCCOCC(C)(C)C)CC1. The maximum atomic E-state index is 12.8. The minimum Gasteiger partial charge on any atom is -0.447 e. The summed E-state index contributed by atoms with van der Waals surface area (Å²) < 4.78 is 10.9. The van der Waals surface area contributed by atoms with E-state index in [1.54, 1.807) is 9.80 Å². The normalized spacial score (nSPS) is 18.5. The van der Waals surface area contributed by atoms with Gasteiger partial charge in [0.2, 0.25) is 11.8 Å². The zero-order valence-electron chi connectivity index (χ0n) is 20.5. The summed E-state index contributed by atoms with van der Waals surface area (Å²) in [7, 11) is 4.03. The van der Waals surface area contributed by atoms with Gasteiger partial charge in [-0.05, 0) is 19.5 Å². The number of likely N-dealkylation sites (N-methyl/N-ethyl adjacent to an activating group) is 2. The van der Waals surface area contributed by atoms with Crippen LogP contribution in [0.2, 0.25) is 0 Å². The Bertz CT molecular complexity index is 587. The van der Waals surface area contributed by atoms with E-state index in [-0.39, 0.29) is 43.5 Å². The van der Waals surface area contributed by atoms with Crippen LogP contribution in [0.4, 0.5) is 4.79 Å². The Morgan fingerprint density at radius 2 is 1.19 bits per heavy atom. The van der Waals surface area contributed by atoms with Crippen molar-refractivity contribution in [3.63, 3.8) is 0 Å². The van der Waals surface area contributed by atoms with Crippen molar-refractivity contribution in [2.75, 3.05) is 99.4 Å². The molecule has 0 atom stereocenters. The number of hydrogen-bond donors (Lipinski definition) is 0. The van der Waals surface area contributed by atoms with Gasteiger partial charge in [0.05, 0.1) is 13.2 Å². The van der Waals surface area contributed by atoms with E-state index in [0.29, 0.717) is 32.8 Å². The van der Waals surface area contributed by atoms with E-state index in [1.807, 2.05) is 14.1 Å². The summed E-state index contributed by atoms with van der Waals surface area (Å²) in [5.41, 5.74) is 0.0277. The van der Waals surface area contributed by atoms with Crippen LogP contribution in [-0.4, -0.2) is 142 Å². The molecule has 0 spiro atoms. The predicted octanol–water partition coefficient (Wildman–Crippen LogP) is 0.0357. The largest absolute Gasteiger partial charge is 0.447 e. The van der Waals surface area contributed by atoms with Gasteiger partial charge in [-0.1, -0.05) is 20.8 Å². The standard InChI is InChI=1S/C22H41N5O5/c1-22(2,3)18-31-14-15-32-21(30)27(16-19(28)25-10-6-23(4)7-11-25)17-20(29)26-12-8-24(5)9-13-26/h6-18H2,1-5H3. The molecule has 0 aromatic rings. The van der Waals surface area contributed by atoms with Gasteiger partial charge in [0, 0.05) is 52.4 Å². The van der Waals surface area contributed by atoms with Crippen molar-refractivity contribution in [1.29, 1.82) is 0 Å². The molecule has 0 aromatic heterocycles. The highest BCUT2D eigenvalue weighted by atomic mass is 16.6. The van der Waals surface area contributed by atoms with Gasteiger partial charge in [0.15, 0.2) is 0 Å². The molecule has 2 saturated heterocycles. The van der Waals surface area contributed by atoms with Crippen molar-refractivity contribution in [2.45, 2.75) is 20.8 Å². The summed E-state index contributed by atoms with van der Waals surface area (Å²) in [5.74, 6) is -0.324. The second-order valence-electron chi connectivity index (χ2n) is 9.95. The quantitative estimate of drug-likeness (QED) is 0.478. The molecule has 2 heterocycles. The van der Waals surface area contributed by atoms with E-state index in [2.05, 4.69) is 30.6 Å². The third-order valence-corrected chi connectivity index (χ3v) is 5.61. The maximum Gasteiger partial charge on any atom is 0.410 e. The monoisotopic (exact) mass is 455 g/mol. The highest BCUT2D eigenvalue weighted by molar-refractivity contribution is 5.87. The molecule has 2 rings (SSSR count). The second kappa shape index (κ2) is 12.4. The van der Waals surface area contributed by atoms with Crippen molar-refractivity contribution in [3.8, 4) is 0 Å². The van der Waals surface area contributed by atoms with Gasteiger partial charge >= 0.3 is 6.09 Å². The number of nitrogens with zero attached hydrogens (tertiary/aromatic N) is 5. The number of hydrogen-bond acceptors (Lipinski definition) is 7. The fourth-order valence-corrected chi connectivity index (χ4v) is 3.48. The van der Waals surface area contributed by atoms with E-state index in [0.717, 1.165) is 26.2 Å². The molecule has 0 radical (unpaired) electrons. The third kappa shape index (κ3) is 9.30. The van der Waals surface area contributed by atoms with Crippen molar-refractivity contribution < 1.29 is 23.9 Å². The fourth-order valence-electron chi connectivity index (χ4n) is 3.48. The lowest BCUT2D eigenvalue weighted by Gasteiger charge is -2.35. The third-order valence-electron chi connectivity index (χ3n) is 5.61. The molecule has 10 heteroatoms. The average Bonchev–Trinajstić information content (AvgIpc) is 2.72. The van der Waals surface area contributed by atoms with Gasteiger partial charge in [-0.15, -0.1) is 0 Å². The molecule has 0 unspecified atom stereocenters. The van der Waals surface area contributed by atoms with Crippen LogP contribution >= 0.6 is 0 Å². The summed E-state index contributed by atoms with van der Waals surface area (Å²) in [4.78, 5) is 47.4. The van der Waals surface area contributed by atoms with Crippen LogP contribution in [0.1, 0.15) is 20.8 Å². The van der Waals surface area contributed by atoms with Crippen molar-refractivity contribution in [3.05, 3.63) is 0 Å². The van der Waals surface area contributed by atoms with Crippen molar-refractivity contribution in [1.82, 2.24) is 24.5 Å². The number of carbonyl (C=O) groups is 3. The van der Waals surface area contributed by atoms with Crippen LogP contribution in [0.25, 0.3) is 0 Å². The molecule has 3 amide bonds. The highest BCUT2D eigenvalue weighted by Crippen LogP contribution is 2.12. The first-order valence-electron chi connectivity index (χ1n) is 11.5. The first-order chi connectivity index (χ1) is 15.0. The summed E-state index contributed by atoms with van der Waals surface area (Å²) in [6.07, 6.45) is -0.658. The van der Waals surface area contributed by atoms with Crippen LogP contribution in [-0.2, 0) is 19.1 Å². The van der Waals surface area contributed by atoms with Gasteiger partial charge in [0.1, 0.15) is 19.7 Å². The van der Waals surface area contributed by atoms with Gasteiger partial charge < -0.3 is 29.1 Å². The molecule has 0 aliphatic carbocycles. The van der Waals surface area contributed by atoms with Gasteiger partial charge in [-0.25, -0.2) is 4.79 Å². The van der Waals surface area contributed by atoms with Gasteiger partial charge in [-0.2, -0.15) is 0 Å².